The predicted octanol–water partition coefficient (Wildman–Crippen LogP) is 5.95. The molecule has 0 spiro atoms. The van der Waals surface area contributed by atoms with E-state index in [0.29, 0.717) is 13.8 Å². The molecular formula is C28H9BF15NO3. The molecule has 5 rings (SSSR count). The molecule has 0 bridgehead atoms. The van der Waals surface area contributed by atoms with Gasteiger partial charge in [-0.2, -0.15) is 0 Å². The fourth-order valence-corrected chi connectivity index (χ4v) is 5.34. The Morgan fingerprint density at radius 2 is 0.854 bits per heavy atom. The second-order valence-corrected chi connectivity index (χ2v) is 10.1. The second kappa shape index (κ2) is 11.6. The van der Waals surface area contributed by atoms with Crippen molar-refractivity contribution in [3.8, 4) is 22.3 Å². The zero-order valence-electron chi connectivity index (χ0n) is 23.1. The van der Waals surface area contributed by atoms with Gasteiger partial charge in [0.15, 0.2) is 75.5 Å². The molecule has 0 radical (unpaired) electrons. The number of halogens is 15. The number of nitrogens with zero attached hydrogens (tertiary/aromatic N) is 1. The first-order valence-corrected chi connectivity index (χ1v) is 12.6. The van der Waals surface area contributed by atoms with Crippen molar-refractivity contribution in [1.29, 1.82) is 0 Å². The Bertz CT molecular complexity index is 2160. The first kappa shape index (κ1) is 34.8. The monoisotopic (exact) mass is 703 g/mol. The summed E-state index contributed by atoms with van der Waals surface area (Å²) < 4.78 is 224. The quantitative estimate of drug-likeness (QED) is 0.117. The highest BCUT2D eigenvalue weighted by molar-refractivity contribution is 6.33. The summed E-state index contributed by atoms with van der Waals surface area (Å²) in [6.45, 7) is 1.02. The normalized spacial score (nSPS) is 15.7. The van der Waals surface area contributed by atoms with Crippen LogP contribution in [0.15, 0.2) is 11.1 Å². The molecule has 1 aliphatic rings. The Hall–Kier alpha value is -4.56. The molecule has 0 aromatic heterocycles. The molecule has 48 heavy (non-hydrogen) atoms. The van der Waals surface area contributed by atoms with Crippen molar-refractivity contribution in [3.63, 3.8) is 0 Å². The summed E-state index contributed by atoms with van der Waals surface area (Å²) >= 11 is 0. The molecule has 1 heterocycles. The van der Waals surface area contributed by atoms with Crippen LogP contribution in [-0.2, 0) is 4.65 Å². The fourth-order valence-electron chi connectivity index (χ4n) is 5.34. The average molecular weight is 703 g/mol. The first-order valence-electron chi connectivity index (χ1n) is 12.6. The Morgan fingerprint density at radius 1 is 0.521 bits per heavy atom. The van der Waals surface area contributed by atoms with E-state index in [0.717, 1.165) is 0 Å². The van der Waals surface area contributed by atoms with Crippen LogP contribution < -0.4 is 10.6 Å². The number of rotatable bonds is 5. The average Bonchev–Trinajstić information content (AvgIpc) is 3.30. The molecule has 2 N–H and O–H groups in total. The van der Waals surface area contributed by atoms with Crippen LogP contribution >= 0.6 is 0 Å². The van der Waals surface area contributed by atoms with Gasteiger partial charge in [-0.1, -0.05) is 0 Å². The van der Waals surface area contributed by atoms with Crippen molar-refractivity contribution < 1.29 is 80.6 Å². The van der Waals surface area contributed by atoms with Crippen LogP contribution in [0.2, 0.25) is 0 Å². The van der Waals surface area contributed by atoms with Crippen LogP contribution in [-0.4, -0.2) is 23.1 Å². The van der Waals surface area contributed by atoms with Gasteiger partial charge in [-0.05, 0) is 31.0 Å². The predicted molar refractivity (Wildman–Crippen MR) is 131 cm³/mol. The second-order valence-electron chi connectivity index (χ2n) is 10.1. The van der Waals surface area contributed by atoms with E-state index < -0.39 is 150 Å². The molecule has 0 amide bonds. The zero-order chi connectivity index (χ0) is 36.1. The van der Waals surface area contributed by atoms with Crippen molar-refractivity contribution in [2.45, 2.75) is 19.6 Å². The van der Waals surface area contributed by atoms with Gasteiger partial charge in [-0.15, -0.1) is 0 Å². The summed E-state index contributed by atoms with van der Waals surface area (Å²) in [4.78, 5) is 3.64. The topological polar surface area (TPSA) is 62.0 Å². The van der Waals surface area contributed by atoms with E-state index in [9.17, 15) is 49.6 Å². The lowest BCUT2D eigenvalue weighted by molar-refractivity contribution is 0.0863. The standard InChI is InChI=1S/C28H9BF15NO3/c1-4-5(8-13(30)19(36)25(42)20(37)14(8)31)3-6-9(7(4)10-15(32)21(38)26(43)22(39)16(10)33)12(28(2,45-6)48-29(46)47)11-17(34)23(40)27(44)24(41)18(11)35/h3,46-47H,1-2H3. The van der Waals surface area contributed by atoms with Crippen LogP contribution in [0.25, 0.3) is 27.8 Å². The summed E-state index contributed by atoms with van der Waals surface area (Å²) in [5, 5.41) is 16.5. The molecule has 1 unspecified atom stereocenters. The fraction of sp³-hybridized carbons (Fsp3) is 0.107. The summed E-state index contributed by atoms with van der Waals surface area (Å²) in [6, 6.07) is 0.281. The zero-order valence-corrected chi connectivity index (χ0v) is 23.1. The minimum Gasteiger partial charge on any atom is -0.402 e. The van der Waals surface area contributed by atoms with Crippen LogP contribution in [0, 0.1) is 94.2 Å². The maximum atomic E-state index is 15.4. The maximum Gasteiger partial charge on any atom is 0.635 e. The van der Waals surface area contributed by atoms with Gasteiger partial charge in [-0.3, -0.25) is 0 Å². The molecule has 4 nitrogen and oxygen atoms in total. The molecule has 20 heteroatoms. The van der Waals surface area contributed by atoms with Gasteiger partial charge in [0, 0.05) is 16.4 Å². The van der Waals surface area contributed by atoms with Gasteiger partial charge in [0.1, 0.15) is 0 Å². The van der Waals surface area contributed by atoms with Crippen LogP contribution in [0.1, 0.15) is 18.1 Å². The molecule has 4 aromatic carbocycles. The van der Waals surface area contributed by atoms with E-state index in [2.05, 4.69) is 4.99 Å². The van der Waals surface area contributed by atoms with Crippen molar-refractivity contribution >= 4 is 12.9 Å². The van der Waals surface area contributed by atoms with Gasteiger partial charge in [0.2, 0.25) is 17.5 Å². The maximum absolute atomic E-state index is 15.4. The molecule has 0 aliphatic carbocycles. The van der Waals surface area contributed by atoms with Gasteiger partial charge in [0.25, 0.3) is 0 Å². The molecule has 4 aromatic rings. The van der Waals surface area contributed by atoms with Gasteiger partial charge >= 0.3 is 7.32 Å². The molecular weight excluding hydrogens is 694 g/mol. The van der Waals surface area contributed by atoms with E-state index >= 15 is 26.3 Å². The van der Waals surface area contributed by atoms with Crippen molar-refractivity contribution in [2.75, 3.05) is 0 Å². The summed E-state index contributed by atoms with van der Waals surface area (Å²) in [6.07, 6.45) is 0. The number of hydrogen-bond acceptors (Lipinski definition) is 4. The highest BCUT2D eigenvalue weighted by Gasteiger charge is 2.45. The van der Waals surface area contributed by atoms with E-state index in [1.807, 2.05) is 0 Å². The third-order valence-corrected chi connectivity index (χ3v) is 7.35. The third kappa shape index (κ3) is 4.75. The summed E-state index contributed by atoms with van der Waals surface area (Å²) in [5.74, 6) is -40.5. The summed E-state index contributed by atoms with van der Waals surface area (Å²) in [7, 11) is -3.09. The van der Waals surface area contributed by atoms with Gasteiger partial charge in [0.05, 0.1) is 22.0 Å². The van der Waals surface area contributed by atoms with Gasteiger partial charge < -0.3 is 14.7 Å². The lowest BCUT2D eigenvalue weighted by Crippen LogP contribution is -2.37. The highest BCUT2D eigenvalue weighted by atomic mass is 19.2. The Morgan fingerprint density at radius 3 is 1.23 bits per heavy atom. The van der Waals surface area contributed by atoms with Gasteiger partial charge in [-0.25, -0.2) is 70.8 Å². The van der Waals surface area contributed by atoms with Crippen LogP contribution in [0.5, 0.6) is 0 Å². The Balaban J connectivity index is 2.19. The van der Waals surface area contributed by atoms with E-state index in [1.165, 1.54) is 0 Å². The molecule has 252 valence electrons. The first-order chi connectivity index (χ1) is 22.2. The minimum absolute atomic E-state index is 0.281. The lowest BCUT2D eigenvalue weighted by Gasteiger charge is -2.27. The summed E-state index contributed by atoms with van der Waals surface area (Å²) in [5.41, 5.74) is -15.0. The molecule has 1 aliphatic heterocycles. The van der Waals surface area contributed by atoms with E-state index in [1.54, 1.807) is 0 Å². The third-order valence-electron chi connectivity index (χ3n) is 7.35. The molecule has 0 fully saturated rings. The smallest absolute Gasteiger partial charge is 0.402 e. The van der Waals surface area contributed by atoms with E-state index in [-0.39, 0.29) is 6.07 Å². The van der Waals surface area contributed by atoms with Crippen molar-refractivity contribution in [2.24, 2.45) is 4.99 Å². The molecule has 0 saturated carbocycles. The van der Waals surface area contributed by atoms with Crippen LogP contribution in [0.4, 0.5) is 65.9 Å². The number of benzene rings is 4. The largest absolute Gasteiger partial charge is 0.635 e. The van der Waals surface area contributed by atoms with Crippen molar-refractivity contribution in [3.05, 3.63) is 115 Å². The van der Waals surface area contributed by atoms with E-state index in [4.69, 9.17) is 4.65 Å². The number of hydrogen-bond donors (Lipinski definition) is 2. The minimum atomic E-state index is -3.19. The van der Waals surface area contributed by atoms with Crippen molar-refractivity contribution in [1.82, 2.24) is 0 Å². The SMILES string of the molecule is Cc1c(-c2c(F)c(F)c(F)c(F)c2F)cc2c(c1-c1c(F)c(F)c(F)c(F)c1F)=C(c1c(F)c(F)c(F)c(F)c1F)C(C)(OB(O)O)N=2. The lowest BCUT2D eigenvalue weighted by atomic mass is 9.85. The van der Waals surface area contributed by atoms with Crippen LogP contribution in [0.3, 0.4) is 0 Å². The Kier molecular flexibility index (Phi) is 8.37. The molecule has 1 atom stereocenters. The highest BCUT2D eigenvalue weighted by Crippen LogP contribution is 2.42. The number of fused-ring (bicyclic) bond motifs is 1. The Labute approximate surface area is 255 Å². The molecule has 0 saturated heterocycles.